The third-order valence-electron chi connectivity index (χ3n) is 4.99. The molecule has 0 radical (unpaired) electrons. The van der Waals surface area contributed by atoms with Crippen LogP contribution in [0.1, 0.15) is 34.9 Å². The Morgan fingerprint density at radius 3 is 2.66 bits per heavy atom. The highest BCUT2D eigenvalue weighted by atomic mass is 32.1. The average Bonchev–Trinajstić information content (AvgIpc) is 3.34. The zero-order chi connectivity index (χ0) is 20.2. The molecule has 6 nitrogen and oxygen atoms in total. The van der Waals surface area contributed by atoms with E-state index in [2.05, 4.69) is 15.5 Å². The van der Waals surface area contributed by atoms with E-state index >= 15 is 0 Å². The lowest BCUT2D eigenvalue weighted by atomic mass is 10.1. The standard InChI is InChI=1S/C22H22N4O2S/c1-15-7-10-18(11-8-15)26-14-17(13-20(26)28)21-24-25-22(29-21)23-19(27)12-9-16-5-3-2-4-6-16/h2-8,10-11,17H,9,12-14H2,1H3,(H,23,25,27)/t17-/m1/s1. The maximum atomic E-state index is 12.5. The van der Waals surface area contributed by atoms with Crippen molar-refractivity contribution in [1.82, 2.24) is 10.2 Å². The molecule has 1 aromatic heterocycles. The summed E-state index contributed by atoms with van der Waals surface area (Å²) in [4.78, 5) is 26.5. The van der Waals surface area contributed by atoms with Crippen molar-refractivity contribution in [3.05, 3.63) is 70.7 Å². The number of hydrogen-bond acceptors (Lipinski definition) is 5. The second-order valence-electron chi connectivity index (χ2n) is 7.22. The van der Waals surface area contributed by atoms with E-state index < -0.39 is 0 Å². The molecule has 29 heavy (non-hydrogen) atoms. The summed E-state index contributed by atoms with van der Waals surface area (Å²) < 4.78 is 0. The molecule has 1 aliphatic heterocycles. The molecule has 3 aromatic rings. The van der Waals surface area contributed by atoms with Gasteiger partial charge in [0.1, 0.15) is 5.01 Å². The third-order valence-corrected chi connectivity index (χ3v) is 5.99. The number of amides is 2. The molecule has 0 aliphatic carbocycles. The van der Waals surface area contributed by atoms with Crippen molar-refractivity contribution in [2.75, 3.05) is 16.8 Å². The summed E-state index contributed by atoms with van der Waals surface area (Å²) in [5.41, 5.74) is 3.19. The molecule has 2 heterocycles. The van der Waals surface area contributed by atoms with Gasteiger partial charge in [0, 0.05) is 31.0 Å². The Morgan fingerprint density at radius 2 is 1.90 bits per heavy atom. The molecule has 1 saturated heterocycles. The number of aryl methyl sites for hydroxylation is 2. The second-order valence-corrected chi connectivity index (χ2v) is 8.23. The van der Waals surface area contributed by atoms with Gasteiger partial charge in [0.25, 0.3) is 0 Å². The lowest BCUT2D eigenvalue weighted by Gasteiger charge is -2.16. The van der Waals surface area contributed by atoms with E-state index in [0.717, 1.165) is 21.8 Å². The normalized spacial score (nSPS) is 16.2. The van der Waals surface area contributed by atoms with Crippen molar-refractivity contribution >= 4 is 34.0 Å². The van der Waals surface area contributed by atoms with E-state index in [1.54, 1.807) is 4.90 Å². The highest BCUT2D eigenvalue weighted by Gasteiger charge is 2.33. The van der Waals surface area contributed by atoms with Crippen LogP contribution in [0, 0.1) is 6.92 Å². The van der Waals surface area contributed by atoms with Gasteiger partial charge in [0.15, 0.2) is 0 Å². The van der Waals surface area contributed by atoms with Crippen LogP contribution in [-0.2, 0) is 16.0 Å². The summed E-state index contributed by atoms with van der Waals surface area (Å²) >= 11 is 1.35. The first-order valence-corrected chi connectivity index (χ1v) is 10.4. The second kappa shape index (κ2) is 8.53. The molecule has 0 bridgehead atoms. The van der Waals surface area contributed by atoms with Crippen molar-refractivity contribution < 1.29 is 9.59 Å². The molecule has 0 saturated carbocycles. The van der Waals surface area contributed by atoms with Crippen molar-refractivity contribution in [2.45, 2.75) is 32.1 Å². The van der Waals surface area contributed by atoms with Crippen LogP contribution in [0.15, 0.2) is 54.6 Å². The first-order valence-electron chi connectivity index (χ1n) is 9.63. The molecule has 2 aromatic carbocycles. The maximum absolute atomic E-state index is 12.5. The smallest absolute Gasteiger partial charge is 0.227 e. The highest BCUT2D eigenvalue weighted by molar-refractivity contribution is 7.15. The van der Waals surface area contributed by atoms with Gasteiger partial charge in [-0.25, -0.2) is 0 Å². The molecular weight excluding hydrogens is 384 g/mol. The van der Waals surface area contributed by atoms with Gasteiger partial charge < -0.3 is 10.2 Å². The molecule has 2 amide bonds. The minimum atomic E-state index is -0.0830. The van der Waals surface area contributed by atoms with E-state index in [-0.39, 0.29) is 17.7 Å². The fourth-order valence-electron chi connectivity index (χ4n) is 3.38. The molecule has 148 valence electrons. The van der Waals surface area contributed by atoms with E-state index in [9.17, 15) is 9.59 Å². The van der Waals surface area contributed by atoms with Crippen LogP contribution < -0.4 is 10.2 Å². The summed E-state index contributed by atoms with van der Waals surface area (Å²) in [5, 5.41) is 12.4. The van der Waals surface area contributed by atoms with Crippen LogP contribution in [0.4, 0.5) is 10.8 Å². The van der Waals surface area contributed by atoms with E-state index in [4.69, 9.17) is 0 Å². The zero-order valence-corrected chi connectivity index (χ0v) is 17.0. The topological polar surface area (TPSA) is 75.2 Å². The number of carbonyl (C=O) groups is 2. The van der Waals surface area contributed by atoms with Gasteiger partial charge in [0.05, 0.1) is 0 Å². The van der Waals surface area contributed by atoms with E-state index in [1.165, 1.54) is 11.3 Å². The highest BCUT2D eigenvalue weighted by Crippen LogP contribution is 2.34. The van der Waals surface area contributed by atoms with Crippen molar-refractivity contribution in [1.29, 1.82) is 0 Å². The molecule has 7 heteroatoms. The average molecular weight is 407 g/mol. The summed E-state index contributed by atoms with van der Waals surface area (Å²) in [7, 11) is 0. The lowest BCUT2D eigenvalue weighted by molar-refractivity contribution is -0.117. The van der Waals surface area contributed by atoms with Gasteiger partial charge in [-0.2, -0.15) is 0 Å². The Kier molecular flexibility index (Phi) is 5.67. The Bertz CT molecular complexity index is 1000. The number of anilines is 2. The fraction of sp³-hybridized carbons (Fsp3) is 0.273. The molecule has 4 rings (SSSR count). The van der Waals surface area contributed by atoms with Gasteiger partial charge in [-0.1, -0.05) is 59.4 Å². The molecule has 1 fully saturated rings. The number of aromatic nitrogens is 2. The van der Waals surface area contributed by atoms with Crippen LogP contribution in [0.3, 0.4) is 0 Å². The zero-order valence-electron chi connectivity index (χ0n) is 16.2. The fourth-order valence-corrected chi connectivity index (χ4v) is 4.23. The number of carbonyl (C=O) groups excluding carboxylic acids is 2. The first-order chi connectivity index (χ1) is 14.1. The van der Waals surface area contributed by atoms with Crippen LogP contribution in [0.2, 0.25) is 0 Å². The maximum Gasteiger partial charge on any atom is 0.227 e. The molecule has 0 unspecified atom stereocenters. The predicted molar refractivity (Wildman–Crippen MR) is 114 cm³/mol. The number of benzene rings is 2. The molecule has 1 atom stereocenters. The van der Waals surface area contributed by atoms with Gasteiger partial charge in [-0.3, -0.25) is 9.59 Å². The Morgan fingerprint density at radius 1 is 1.14 bits per heavy atom. The summed E-state index contributed by atoms with van der Waals surface area (Å²) in [5.74, 6) is -0.000827. The van der Waals surface area contributed by atoms with Crippen LogP contribution >= 0.6 is 11.3 Å². The summed E-state index contributed by atoms with van der Waals surface area (Å²) in [6.45, 7) is 2.60. The quantitative estimate of drug-likeness (QED) is 0.673. The Hall–Kier alpha value is -3.06. The largest absolute Gasteiger partial charge is 0.312 e. The monoisotopic (exact) mass is 406 g/mol. The van der Waals surface area contributed by atoms with Crippen LogP contribution in [0.25, 0.3) is 0 Å². The van der Waals surface area contributed by atoms with Crippen molar-refractivity contribution in [3.8, 4) is 0 Å². The van der Waals surface area contributed by atoms with Crippen molar-refractivity contribution in [2.24, 2.45) is 0 Å². The Balaban J connectivity index is 1.34. The van der Waals surface area contributed by atoms with Gasteiger partial charge in [0.2, 0.25) is 16.9 Å². The predicted octanol–water partition coefficient (Wildman–Crippen LogP) is 3.94. The number of nitrogens with zero attached hydrogens (tertiary/aromatic N) is 3. The molecule has 1 aliphatic rings. The summed E-state index contributed by atoms with van der Waals surface area (Å²) in [6.07, 6.45) is 1.48. The number of nitrogens with one attached hydrogen (secondary N) is 1. The first kappa shape index (κ1) is 19.3. The third kappa shape index (κ3) is 4.68. The van der Waals surface area contributed by atoms with Gasteiger partial charge in [-0.15, -0.1) is 10.2 Å². The Labute approximate surface area is 173 Å². The molecular formula is C22H22N4O2S. The SMILES string of the molecule is Cc1ccc(N2C[C@H](c3nnc(NC(=O)CCc4ccccc4)s3)CC2=O)cc1. The van der Waals surface area contributed by atoms with E-state index in [0.29, 0.717) is 30.9 Å². The number of rotatable bonds is 6. The molecule has 1 N–H and O–H groups in total. The molecule has 0 spiro atoms. The van der Waals surface area contributed by atoms with Crippen molar-refractivity contribution in [3.63, 3.8) is 0 Å². The van der Waals surface area contributed by atoms with E-state index in [1.807, 2.05) is 61.5 Å². The summed E-state index contributed by atoms with van der Waals surface area (Å²) in [6, 6.07) is 17.8. The minimum Gasteiger partial charge on any atom is -0.312 e. The van der Waals surface area contributed by atoms with Crippen LogP contribution in [0.5, 0.6) is 0 Å². The van der Waals surface area contributed by atoms with Crippen LogP contribution in [-0.4, -0.2) is 28.6 Å². The van der Waals surface area contributed by atoms with Gasteiger partial charge in [-0.05, 0) is 31.0 Å². The van der Waals surface area contributed by atoms with Gasteiger partial charge >= 0.3 is 0 Å². The minimum absolute atomic E-state index is 0.00345. The number of hydrogen-bond donors (Lipinski definition) is 1. The lowest BCUT2D eigenvalue weighted by Crippen LogP contribution is -2.24.